The van der Waals surface area contributed by atoms with E-state index in [-0.39, 0.29) is 21.5 Å². The van der Waals surface area contributed by atoms with Gasteiger partial charge < -0.3 is 15.7 Å². The van der Waals surface area contributed by atoms with Crippen LogP contribution in [0.5, 0.6) is 0 Å². The van der Waals surface area contributed by atoms with Crippen LogP contribution in [-0.4, -0.2) is 47.5 Å². The Labute approximate surface area is 191 Å². The van der Waals surface area contributed by atoms with E-state index in [0.29, 0.717) is 30.5 Å². The number of carbonyl (C=O) groups is 3. The van der Waals surface area contributed by atoms with Gasteiger partial charge in [0.2, 0.25) is 0 Å². The molecule has 15 heteroatoms. The van der Waals surface area contributed by atoms with Gasteiger partial charge in [-0.15, -0.1) is 0 Å². The van der Waals surface area contributed by atoms with Gasteiger partial charge in [0.25, 0.3) is 11.1 Å². The quantitative estimate of drug-likeness (QED) is 0.395. The minimum Gasteiger partial charge on any atom is -0.475 e. The molecule has 0 saturated carbocycles. The summed E-state index contributed by atoms with van der Waals surface area (Å²) in [7, 11) is 0. The van der Waals surface area contributed by atoms with Crippen LogP contribution in [0.3, 0.4) is 0 Å². The van der Waals surface area contributed by atoms with Gasteiger partial charge in [-0.2, -0.15) is 26.3 Å². The van der Waals surface area contributed by atoms with Crippen LogP contribution in [0.1, 0.15) is 24.0 Å². The number of anilines is 1. The number of carbonyl (C=O) groups excluding carboxylic acids is 2. The SMILES string of the molecule is N[C@H]1CCCN(c2c(Cl)cc(C(F)(F)F)cc2C=C2SC(=O)NC2=O)C1.O=C(O)C(F)(F)F. The van der Waals surface area contributed by atoms with Crippen molar-refractivity contribution in [3.63, 3.8) is 0 Å². The number of hydrogen-bond donors (Lipinski definition) is 3. The Morgan fingerprint density at radius 2 is 1.85 bits per heavy atom. The van der Waals surface area contributed by atoms with Crippen molar-refractivity contribution in [2.45, 2.75) is 31.2 Å². The van der Waals surface area contributed by atoms with Crippen molar-refractivity contribution < 1.29 is 45.8 Å². The molecule has 0 radical (unpaired) electrons. The van der Waals surface area contributed by atoms with E-state index in [1.165, 1.54) is 6.08 Å². The van der Waals surface area contributed by atoms with E-state index in [4.69, 9.17) is 27.2 Å². The summed E-state index contributed by atoms with van der Waals surface area (Å²) in [4.78, 5) is 33.9. The first-order valence-electron chi connectivity index (χ1n) is 9.06. The number of nitrogens with zero attached hydrogens (tertiary/aromatic N) is 1. The first-order valence-corrected chi connectivity index (χ1v) is 10.2. The van der Waals surface area contributed by atoms with Crippen LogP contribution in [0.4, 0.5) is 36.8 Å². The highest BCUT2D eigenvalue weighted by Crippen LogP contribution is 2.40. The molecule has 33 heavy (non-hydrogen) atoms. The summed E-state index contributed by atoms with van der Waals surface area (Å²) >= 11 is 6.82. The van der Waals surface area contributed by atoms with Gasteiger partial charge in [0.05, 0.1) is 21.2 Å². The highest BCUT2D eigenvalue weighted by Gasteiger charge is 2.38. The Morgan fingerprint density at radius 3 is 2.30 bits per heavy atom. The van der Waals surface area contributed by atoms with E-state index in [2.05, 4.69) is 5.32 Å². The number of nitrogens with one attached hydrogen (secondary N) is 1. The van der Waals surface area contributed by atoms with Crippen LogP contribution < -0.4 is 16.0 Å². The highest BCUT2D eigenvalue weighted by molar-refractivity contribution is 8.18. The average molecular weight is 520 g/mol. The van der Waals surface area contributed by atoms with Gasteiger partial charge in [-0.1, -0.05) is 11.6 Å². The summed E-state index contributed by atoms with van der Waals surface area (Å²) in [6, 6.07) is 1.69. The van der Waals surface area contributed by atoms with Crippen molar-refractivity contribution in [1.29, 1.82) is 0 Å². The van der Waals surface area contributed by atoms with Crippen molar-refractivity contribution in [2.75, 3.05) is 18.0 Å². The third kappa shape index (κ3) is 7.27. The van der Waals surface area contributed by atoms with Crippen molar-refractivity contribution in [3.05, 3.63) is 33.2 Å². The number of aliphatic carboxylic acids is 1. The Kier molecular flexibility index (Phi) is 8.30. The van der Waals surface area contributed by atoms with Gasteiger partial charge in [-0.25, -0.2) is 4.79 Å². The fraction of sp³-hybridized carbons (Fsp3) is 0.389. The zero-order valence-corrected chi connectivity index (χ0v) is 18.0. The zero-order chi connectivity index (χ0) is 25.1. The number of amides is 2. The van der Waals surface area contributed by atoms with Gasteiger partial charge in [0.15, 0.2) is 0 Å². The fourth-order valence-electron chi connectivity index (χ4n) is 3.00. The highest BCUT2D eigenvalue weighted by atomic mass is 35.5. The molecule has 2 fully saturated rings. The van der Waals surface area contributed by atoms with E-state index in [1.54, 1.807) is 0 Å². The van der Waals surface area contributed by atoms with Crippen LogP contribution >= 0.6 is 23.4 Å². The van der Waals surface area contributed by atoms with Crippen molar-refractivity contribution in [3.8, 4) is 0 Å². The molecule has 7 nitrogen and oxygen atoms in total. The van der Waals surface area contributed by atoms with Crippen LogP contribution in [0.15, 0.2) is 17.0 Å². The lowest BCUT2D eigenvalue weighted by atomic mass is 10.0. The lowest BCUT2D eigenvalue weighted by Gasteiger charge is -2.34. The second kappa shape index (κ2) is 10.2. The molecule has 3 rings (SSSR count). The minimum absolute atomic E-state index is 0.0212. The Morgan fingerprint density at radius 1 is 1.24 bits per heavy atom. The number of carboxylic acid groups (broad SMARTS) is 1. The second-order valence-corrected chi connectivity index (χ2v) is 8.32. The van der Waals surface area contributed by atoms with Crippen molar-refractivity contribution in [1.82, 2.24) is 5.32 Å². The number of rotatable bonds is 2. The second-order valence-electron chi connectivity index (χ2n) is 6.90. The maximum absolute atomic E-state index is 13.2. The van der Waals surface area contributed by atoms with Gasteiger partial charge in [0.1, 0.15) is 0 Å². The molecule has 0 unspecified atom stereocenters. The van der Waals surface area contributed by atoms with Crippen molar-refractivity contribution >= 4 is 52.2 Å². The van der Waals surface area contributed by atoms with Crippen LogP contribution in [0.25, 0.3) is 6.08 Å². The number of piperidine rings is 1. The number of benzene rings is 1. The number of thioether (sulfide) groups is 1. The lowest BCUT2D eigenvalue weighted by Crippen LogP contribution is -2.43. The number of hydrogen-bond acceptors (Lipinski definition) is 6. The van der Waals surface area contributed by atoms with Crippen LogP contribution in [0, 0.1) is 0 Å². The fourth-order valence-corrected chi connectivity index (χ4v) is 4.02. The molecule has 2 aliphatic heterocycles. The Hall–Kier alpha value is -2.45. The number of nitrogens with two attached hydrogens (primary N) is 1. The maximum Gasteiger partial charge on any atom is 0.490 e. The molecule has 182 valence electrons. The molecular weight excluding hydrogens is 504 g/mol. The summed E-state index contributed by atoms with van der Waals surface area (Å²) < 4.78 is 71.3. The molecule has 0 aliphatic carbocycles. The predicted octanol–water partition coefficient (Wildman–Crippen LogP) is 4.24. The topological polar surface area (TPSA) is 113 Å². The number of halogens is 7. The molecule has 2 saturated heterocycles. The minimum atomic E-state index is -5.08. The smallest absolute Gasteiger partial charge is 0.475 e. The van der Waals surface area contributed by atoms with E-state index >= 15 is 0 Å². The normalized spacial score (nSPS) is 20.4. The molecule has 1 aromatic carbocycles. The van der Waals surface area contributed by atoms with Crippen molar-refractivity contribution in [2.24, 2.45) is 5.73 Å². The number of carboxylic acids is 1. The van der Waals surface area contributed by atoms with Crippen LogP contribution in [0.2, 0.25) is 5.02 Å². The molecule has 0 bridgehead atoms. The molecule has 2 aliphatic rings. The molecule has 4 N–H and O–H groups in total. The predicted molar refractivity (Wildman–Crippen MR) is 109 cm³/mol. The van der Waals surface area contributed by atoms with E-state index in [9.17, 15) is 35.9 Å². The lowest BCUT2D eigenvalue weighted by molar-refractivity contribution is -0.192. The molecular formula is C18H16ClF6N3O4S. The summed E-state index contributed by atoms with van der Waals surface area (Å²) in [6.07, 6.45) is -6.81. The van der Waals surface area contributed by atoms with Gasteiger partial charge >= 0.3 is 18.3 Å². The summed E-state index contributed by atoms with van der Waals surface area (Å²) in [5.74, 6) is -3.40. The molecule has 2 heterocycles. The standard InChI is InChI=1S/C16H15ClF3N3O2S.C2HF3O2/c17-11-6-9(16(18,19)20)4-8(5-12-14(24)22-15(25)26-12)13(11)23-3-1-2-10(21)7-23;3-2(4,5)1(6)7/h4-6,10H,1-3,7,21H2,(H,22,24,25);(H,6,7)/t10-;/m0./s1. The van der Waals surface area contributed by atoms with E-state index in [1.807, 2.05) is 4.90 Å². The average Bonchev–Trinajstić information content (AvgIpc) is 2.97. The van der Waals surface area contributed by atoms with Gasteiger partial charge in [-0.3, -0.25) is 14.9 Å². The monoisotopic (exact) mass is 519 g/mol. The molecule has 0 spiro atoms. The summed E-state index contributed by atoms with van der Waals surface area (Å²) in [5.41, 5.74) is 5.57. The van der Waals surface area contributed by atoms with E-state index in [0.717, 1.165) is 25.0 Å². The van der Waals surface area contributed by atoms with Gasteiger partial charge in [0, 0.05) is 24.7 Å². The molecule has 1 aromatic rings. The Bertz CT molecular complexity index is 983. The number of imide groups is 1. The summed E-state index contributed by atoms with van der Waals surface area (Å²) in [5, 5.41) is 8.56. The first kappa shape index (κ1) is 26.8. The molecule has 0 aromatic heterocycles. The third-order valence-corrected chi connectivity index (χ3v) is 5.46. The third-order valence-electron chi connectivity index (χ3n) is 4.37. The van der Waals surface area contributed by atoms with Crippen LogP contribution in [-0.2, 0) is 15.8 Å². The van der Waals surface area contributed by atoms with E-state index < -0.39 is 35.0 Å². The zero-order valence-electron chi connectivity index (χ0n) is 16.4. The molecule has 2 amide bonds. The Balaban J connectivity index is 0.000000479. The first-order chi connectivity index (χ1) is 15.1. The molecule has 1 atom stereocenters. The largest absolute Gasteiger partial charge is 0.490 e. The summed E-state index contributed by atoms with van der Waals surface area (Å²) in [6.45, 7) is 1.03. The van der Waals surface area contributed by atoms with Gasteiger partial charge in [-0.05, 0) is 42.8 Å². The number of alkyl halides is 6. The maximum atomic E-state index is 13.2.